The van der Waals surface area contributed by atoms with E-state index in [2.05, 4.69) is 46.5 Å². The summed E-state index contributed by atoms with van der Waals surface area (Å²) in [4.78, 5) is 3.96. The molecule has 0 fully saturated rings. The minimum Gasteiger partial charge on any atom is -0.383 e. The molecule has 0 saturated heterocycles. The number of rotatable bonds is 4. The predicted molar refractivity (Wildman–Crippen MR) is 105 cm³/mol. The molecule has 0 atom stereocenters. The molecule has 0 aliphatic rings. The van der Waals surface area contributed by atoms with E-state index in [-0.39, 0.29) is 23.9 Å². The smallest absolute Gasteiger partial charge is 0.124 e. The summed E-state index contributed by atoms with van der Waals surface area (Å²) in [6.07, 6.45) is 9.61. The maximum Gasteiger partial charge on any atom is 0.124 e. The molecular weight excluding hydrogens is 397 g/mol. The summed E-state index contributed by atoms with van der Waals surface area (Å²) in [6.45, 7) is 16.5. The molecule has 2 nitrogen and oxygen atoms in total. The van der Waals surface area contributed by atoms with Gasteiger partial charge in [-0.2, -0.15) is 0 Å². The topological polar surface area (TPSA) is 33.1 Å². The van der Waals surface area contributed by atoms with Crippen molar-refractivity contribution in [3.05, 3.63) is 16.6 Å². The molecule has 0 amide bonds. The molecule has 0 spiro atoms. The molecule has 1 heterocycles. The van der Waals surface area contributed by atoms with E-state index in [1.165, 1.54) is 49.9 Å². The van der Waals surface area contributed by atoms with Gasteiger partial charge in [0.25, 0.3) is 0 Å². The standard InChI is InChI=1S/C6H9NOS.3C4H10.Sn/c1-6(2,8)5-7-3-4-9-5;3*1-3-4-2;/h3-4,8H,1-2H3;3*3-4H2,1-2H3;. The first-order chi connectivity index (χ1) is 9.85. The van der Waals surface area contributed by atoms with Gasteiger partial charge in [-0.25, -0.2) is 4.98 Å². The first kappa shape index (κ1) is 30.3. The van der Waals surface area contributed by atoms with Crippen LogP contribution in [-0.2, 0) is 5.60 Å². The number of aliphatic hydroxyl groups is 1. The molecular formula is C18H39NOSSn. The van der Waals surface area contributed by atoms with Gasteiger partial charge in [-0.15, -0.1) is 11.3 Å². The van der Waals surface area contributed by atoms with E-state index in [0.29, 0.717) is 0 Å². The van der Waals surface area contributed by atoms with Crippen LogP contribution >= 0.6 is 11.3 Å². The van der Waals surface area contributed by atoms with E-state index in [9.17, 15) is 5.11 Å². The van der Waals surface area contributed by atoms with Crippen LogP contribution in [0, 0.1) is 0 Å². The minimum absolute atomic E-state index is 0. The molecule has 1 aromatic heterocycles. The fraction of sp³-hybridized carbons (Fsp3) is 0.833. The SMILES string of the molecule is CC(C)(O)c1nccs1.CCCC.CCCC.CCCC.[Sn]. The number of nitrogens with zero attached hydrogens (tertiary/aromatic N) is 1. The summed E-state index contributed by atoms with van der Waals surface area (Å²) in [5.74, 6) is 0. The second-order valence-corrected chi connectivity index (χ2v) is 6.29. The molecule has 4 radical (unpaired) electrons. The van der Waals surface area contributed by atoms with Crippen LogP contribution in [0.25, 0.3) is 0 Å². The second-order valence-electron chi connectivity index (χ2n) is 5.40. The van der Waals surface area contributed by atoms with Crippen molar-refractivity contribution >= 4 is 35.2 Å². The van der Waals surface area contributed by atoms with Crippen molar-refractivity contribution in [2.45, 2.75) is 99.5 Å². The molecule has 4 heteroatoms. The van der Waals surface area contributed by atoms with Crippen molar-refractivity contribution in [2.75, 3.05) is 0 Å². The first-order valence-electron chi connectivity index (χ1n) is 8.47. The summed E-state index contributed by atoms with van der Waals surface area (Å²) in [6, 6.07) is 0. The van der Waals surface area contributed by atoms with Crippen molar-refractivity contribution in [2.24, 2.45) is 0 Å². The van der Waals surface area contributed by atoms with Crippen molar-refractivity contribution in [1.82, 2.24) is 4.98 Å². The summed E-state index contributed by atoms with van der Waals surface area (Å²) >= 11 is 1.47. The number of aromatic nitrogens is 1. The quantitative estimate of drug-likeness (QED) is 0.554. The molecule has 1 aromatic rings. The van der Waals surface area contributed by atoms with Gasteiger partial charge in [0.2, 0.25) is 0 Å². The van der Waals surface area contributed by atoms with Gasteiger partial charge in [0.1, 0.15) is 10.6 Å². The van der Waals surface area contributed by atoms with Crippen LogP contribution in [-0.4, -0.2) is 34.0 Å². The van der Waals surface area contributed by atoms with Crippen LogP contribution in [0.15, 0.2) is 11.6 Å². The Morgan fingerprint density at radius 2 is 1.18 bits per heavy atom. The van der Waals surface area contributed by atoms with Crippen molar-refractivity contribution in [3.63, 3.8) is 0 Å². The van der Waals surface area contributed by atoms with Gasteiger partial charge >= 0.3 is 0 Å². The van der Waals surface area contributed by atoms with Gasteiger partial charge < -0.3 is 5.11 Å². The third kappa shape index (κ3) is 28.5. The summed E-state index contributed by atoms with van der Waals surface area (Å²) in [5.41, 5.74) is -0.770. The Morgan fingerprint density at radius 1 is 0.864 bits per heavy atom. The average Bonchev–Trinajstić information content (AvgIpc) is 3.02. The number of thiazole rings is 1. The zero-order chi connectivity index (χ0) is 17.1. The molecule has 1 N–H and O–H groups in total. The fourth-order valence-electron chi connectivity index (χ4n) is 0.526. The van der Waals surface area contributed by atoms with Gasteiger partial charge in [0.15, 0.2) is 0 Å². The molecule has 0 saturated carbocycles. The van der Waals surface area contributed by atoms with Crippen LogP contribution < -0.4 is 0 Å². The maximum atomic E-state index is 9.33. The van der Waals surface area contributed by atoms with Crippen LogP contribution in [0.5, 0.6) is 0 Å². The van der Waals surface area contributed by atoms with E-state index < -0.39 is 5.60 Å². The summed E-state index contributed by atoms with van der Waals surface area (Å²) in [5, 5.41) is 11.9. The molecule has 22 heavy (non-hydrogen) atoms. The van der Waals surface area contributed by atoms with Crippen LogP contribution in [0.4, 0.5) is 0 Å². The van der Waals surface area contributed by atoms with E-state index in [0.717, 1.165) is 5.01 Å². The van der Waals surface area contributed by atoms with Crippen LogP contribution in [0.2, 0.25) is 0 Å². The normalized spacial score (nSPS) is 8.95. The maximum absolute atomic E-state index is 9.33. The van der Waals surface area contributed by atoms with Gasteiger partial charge in [0.05, 0.1) is 0 Å². The van der Waals surface area contributed by atoms with Crippen LogP contribution in [0.3, 0.4) is 0 Å². The van der Waals surface area contributed by atoms with E-state index in [1.54, 1.807) is 20.0 Å². The zero-order valence-corrected chi connectivity index (χ0v) is 19.9. The van der Waals surface area contributed by atoms with Gasteiger partial charge in [0, 0.05) is 35.5 Å². The minimum atomic E-state index is -0.770. The largest absolute Gasteiger partial charge is 0.383 e. The molecule has 0 bridgehead atoms. The monoisotopic (exact) mass is 437 g/mol. The summed E-state index contributed by atoms with van der Waals surface area (Å²) in [7, 11) is 0. The third-order valence-corrected chi connectivity index (χ3v) is 3.54. The molecule has 0 unspecified atom stereocenters. The van der Waals surface area contributed by atoms with Gasteiger partial charge in [-0.1, -0.05) is 80.1 Å². The van der Waals surface area contributed by atoms with Gasteiger partial charge in [-0.05, 0) is 13.8 Å². The predicted octanol–water partition coefficient (Wildman–Crippen LogP) is 6.41. The Kier molecular flexibility index (Phi) is 32.6. The summed E-state index contributed by atoms with van der Waals surface area (Å²) < 4.78 is 0. The average molecular weight is 436 g/mol. The van der Waals surface area contributed by atoms with Crippen molar-refractivity contribution < 1.29 is 5.11 Å². The molecule has 0 aliphatic heterocycles. The van der Waals surface area contributed by atoms with Crippen LogP contribution in [0.1, 0.15) is 98.9 Å². The van der Waals surface area contributed by atoms with Crippen molar-refractivity contribution in [3.8, 4) is 0 Å². The van der Waals surface area contributed by atoms with E-state index in [1.807, 2.05) is 5.38 Å². The zero-order valence-electron chi connectivity index (χ0n) is 16.2. The number of hydrogen-bond donors (Lipinski definition) is 1. The Bertz CT molecular complexity index is 243. The Balaban J connectivity index is -0.000000107. The van der Waals surface area contributed by atoms with Gasteiger partial charge in [-0.3, -0.25) is 0 Å². The Labute approximate surface area is 161 Å². The molecule has 0 aliphatic carbocycles. The third-order valence-electron chi connectivity index (χ3n) is 2.46. The second kappa shape index (κ2) is 23.7. The Hall–Kier alpha value is 0.389. The number of unbranched alkanes of at least 4 members (excludes halogenated alkanes) is 3. The first-order valence-corrected chi connectivity index (χ1v) is 9.35. The van der Waals surface area contributed by atoms with Crippen molar-refractivity contribution in [1.29, 1.82) is 0 Å². The Morgan fingerprint density at radius 3 is 1.27 bits per heavy atom. The van der Waals surface area contributed by atoms with E-state index in [4.69, 9.17) is 0 Å². The molecule has 132 valence electrons. The molecule has 1 rings (SSSR count). The fourth-order valence-corrected chi connectivity index (χ4v) is 1.19. The van der Waals surface area contributed by atoms with E-state index >= 15 is 0 Å². The number of hydrogen-bond acceptors (Lipinski definition) is 3. The molecule has 0 aromatic carbocycles.